The lowest BCUT2D eigenvalue weighted by atomic mass is 10.2. The van der Waals surface area contributed by atoms with Crippen molar-refractivity contribution in [3.63, 3.8) is 0 Å². The van der Waals surface area contributed by atoms with Gasteiger partial charge in [0.15, 0.2) is 0 Å². The molecule has 0 unspecified atom stereocenters. The van der Waals surface area contributed by atoms with Crippen LogP contribution in [0.3, 0.4) is 0 Å². The molecule has 1 aromatic rings. The quantitative estimate of drug-likeness (QED) is 0.736. The number of rotatable bonds is 5. The second-order valence-corrected chi connectivity index (χ2v) is 4.21. The highest BCUT2D eigenvalue weighted by Gasteiger charge is 2.40. The minimum absolute atomic E-state index is 0.278. The molecule has 0 aliphatic heterocycles. The monoisotopic (exact) mass is 204 g/mol. The Bertz CT molecular complexity index is 332. The van der Waals surface area contributed by atoms with Gasteiger partial charge in [0.05, 0.1) is 13.2 Å². The van der Waals surface area contributed by atoms with Crippen LogP contribution >= 0.6 is 0 Å². The van der Waals surface area contributed by atoms with E-state index < -0.39 is 0 Å². The topological polar surface area (TPSA) is 26.3 Å². The fraction of sp³-hybridized carbons (Fsp3) is 0.462. The van der Waals surface area contributed by atoms with Crippen molar-refractivity contribution >= 4 is 5.78 Å². The van der Waals surface area contributed by atoms with Gasteiger partial charge >= 0.3 is 0 Å². The predicted octanol–water partition coefficient (Wildman–Crippen LogP) is 2.43. The van der Waals surface area contributed by atoms with Crippen molar-refractivity contribution in [1.29, 1.82) is 0 Å². The maximum Gasteiger partial charge on any atom is 0.133 e. The lowest BCUT2D eigenvalue weighted by Gasteiger charge is -2.02. The Kier molecular flexibility index (Phi) is 3.17. The van der Waals surface area contributed by atoms with E-state index in [1.165, 1.54) is 5.56 Å². The van der Waals surface area contributed by atoms with Gasteiger partial charge in [0.25, 0.3) is 0 Å². The summed E-state index contributed by atoms with van der Waals surface area (Å²) in [5, 5.41) is 0. The van der Waals surface area contributed by atoms with Gasteiger partial charge in [-0.2, -0.15) is 0 Å². The van der Waals surface area contributed by atoms with Crippen LogP contribution < -0.4 is 0 Å². The lowest BCUT2D eigenvalue weighted by Crippen LogP contribution is -2.02. The molecule has 0 radical (unpaired) electrons. The number of carbonyl (C=O) groups excluding carboxylic acids is 1. The Balaban J connectivity index is 1.67. The first-order valence-corrected chi connectivity index (χ1v) is 5.39. The van der Waals surface area contributed by atoms with Crippen LogP contribution in [-0.2, 0) is 16.1 Å². The maximum absolute atomic E-state index is 11.0. The van der Waals surface area contributed by atoms with E-state index in [9.17, 15) is 4.79 Å². The van der Waals surface area contributed by atoms with Crippen molar-refractivity contribution in [3.05, 3.63) is 35.9 Å². The fourth-order valence-corrected chi connectivity index (χ4v) is 1.83. The van der Waals surface area contributed by atoms with Gasteiger partial charge in [0.1, 0.15) is 5.78 Å². The van der Waals surface area contributed by atoms with Gasteiger partial charge in [-0.25, -0.2) is 0 Å². The maximum atomic E-state index is 11.0. The molecule has 0 amide bonds. The molecule has 0 bridgehead atoms. The Labute approximate surface area is 90.3 Å². The number of ether oxygens (including phenoxy) is 1. The second-order valence-electron chi connectivity index (χ2n) is 4.21. The standard InChI is InChI=1S/C13H16O2/c1-10(14)13-7-12(13)9-15-8-11-5-3-2-4-6-11/h2-6,12-13H,7-9H2,1H3/t12-,13-/m0/s1. The second kappa shape index (κ2) is 4.58. The van der Waals surface area contributed by atoms with E-state index >= 15 is 0 Å². The molecule has 2 heteroatoms. The van der Waals surface area contributed by atoms with Crippen LogP contribution in [0.1, 0.15) is 18.9 Å². The van der Waals surface area contributed by atoms with Crippen LogP contribution in [0.5, 0.6) is 0 Å². The van der Waals surface area contributed by atoms with E-state index in [0.717, 1.165) is 13.0 Å². The van der Waals surface area contributed by atoms with Gasteiger partial charge < -0.3 is 4.74 Å². The number of carbonyl (C=O) groups is 1. The molecule has 1 aromatic carbocycles. The van der Waals surface area contributed by atoms with Gasteiger partial charge in [-0.1, -0.05) is 30.3 Å². The molecule has 0 saturated heterocycles. The normalized spacial score (nSPS) is 23.8. The summed E-state index contributed by atoms with van der Waals surface area (Å²) in [6, 6.07) is 10.1. The molecular formula is C13H16O2. The number of hydrogen-bond donors (Lipinski definition) is 0. The van der Waals surface area contributed by atoms with Crippen molar-refractivity contribution < 1.29 is 9.53 Å². The van der Waals surface area contributed by atoms with E-state index in [4.69, 9.17) is 4.74 Å². The van der Waals surface area contributed by atoms with Crippen LogP contribution in [0.4, 0.5) is 0 Å². The molecule has 2 atom stereocenters. The van der Waals surface area contributed by atoms with Crippen LogP contribution in [0.2, 0.25) is 0 Å². The molecule has 1 aliphatic carbocycles. The number of Topliss-reactive ketones (excluding diaryl/α,β-unsaturated/α-hetero) is 1. The Hall–Kier alpha value is -1.15. The summed E-state index contributed by atoms with van der Waals surface area (Å²) in [4.78, 5) is 11.0. The highest BCUT2D eigenvalue weighted by molar-refractivity contribution is 5.81. The minimum atomic E-state index is 0.278. The summed E-state index contributed by atoms with van der Waals surface area (Å²) in [6.45, 7) is 3.04. The molecule has 1 fully saturated rings. The molecule has 15 heavy (non-hydrogen) atoms. The Morgan fingerprint density at radius 2 is 2.13 bits per heavy atom. The fourth-order valence-electron chi connectivity index (χ4n) is 1.83. The van der Waals surface area contributed by atoms with Gasteiger partial charge in [-0.15, -0.1) is 0 Å². The third-order valence-corrected chi connectivity index (χ3v) is 2.89. The Morgan fingerprint density at radius 3 is 2.73 bits per heavy atom. The first-order chi connectivity index (χ1) is 7.27. The van der Waals surface area contributed by atoms with Gasteiger partial charge in [0.2, 0.25) is 0 Å². The first kappa shape index (κ1) is 10.4. The number of hydrogen-bond acceptors (Lipinski definition) is 2. The summed E-state index contributed by atoms with van der Waals surface area (Å²) in [6.07, 6.45) is 1.02. The van der Waals surface area contributed by atoms with E-state index in [0.29, 0.717) is 18.3 Å². The third-order valence-electron chi connectivity index (χ3n) is 2.89. The van der Waals surface area contributed by atoms with Gasteiger partial charge in [-0.3, -0.25) is 4.79 Å². The molecule has 0 spiro atoms. The summed E-state index contributed by atoms with van der Waals surface area (Å²) in [5.74, 6) is 1.07. The third kappa shape index (κ3) is 2.90. The smallest absolute Gasteiger partial charge is 0.133 e. The molecule has 0 heterocycles. The van der Waals surface area contributed by atoms with Crippen LogP contribution in [-0.4, -0.2) is 12.4 Å². The molecule has 1 saturated carbocycles. The molecule has 2 nitrogen and oxygen atoms in total. The van der Waals surface area contributed by atoms with Gasteiger partial charge in [0, 0.05) is 5.92 Å². The molecular weight excluding hydrogens is 188 g/mol. The summed E-state index contributed by atoms with van der Waals surface area (Å²) >= 11 is 0. The molecule has 0 N–H and O–H groups in total. The summed E-state index contributed by atoms with van der Waals surface area (Å²) in [7, 11) is 0. The van der Waals surface area contributed by atoms with Crippen molar-refractivity contribution in [2.45, 2.75) is 20.0 Å². The molecule has 1 aliphatic rings. The first-order valence-electron chi connectivity index (χ1n) is 5.39. The van der Waals surface area contributed by atoms with Crippen molar-refractivity contribution in [3.8, 4) is 0 Å². The van der Waals surface area contributed by atoms with E-state index in [-0.39, 0.29) is 5.92 Å². The van der Waals surface area contributed by atoms with Gasteiger partial charge in [-0.05, 0) is 24.8 Å². The summed E-state index contributed by atoms with van der Waals surface area (Å²) < 4.78 is 5.57. The van der Waals surface area contributed by atoms with E-state index in [2.05, 4.69) is 12.1 Å². The molecule has 0 aromatic heterocycles. The zero-order valence-electron chi connectivity index (χ0n) is 8.98. The van der Waals surface area contributed by atoms with Crippen molar-refractivity contribution in [2.24, 2.45) is 11.8 Å². The largest absolute Gasteiger partial charge is 0.376 e. The minimum Gasteiger partial charge on any atom is -0.376 e. The Morgan fingerprint density at radius 1 is 1.40 bits per heavy atom. The van der Waals surface area contributed by atoms with Crippen LogP contribution in [0.15, 0.2) is 30.3 Å². The van der Waals surface area contributed by atoms with Crippen molar-refractivity contribution in [2.75, 3.05) is 6.61 Å². The zero-order valence-corrected chi connectivity index (χ0v) is 8.98. The SMILES string of the molecule is CC(=O)[C@@H]1C[C@H]1COCc1ccccc1. The van der Waals surface area contributed by atoms with Crippen LogP contribution in [0, 0.1) is 11.8 Å². The molecule has 80 valence electrons. The average molecular weight is 204 g/mol. The van der Waals surface area contributed by atoms with Crippen LogP contribution in [0.25, 0.3) is 0 Å². The number of ketones is 1. The van der Waals surface area contributed by atoms with E-state index in [1.807, 2.05) is 18.2 Å². The molecule has 2 rings (SSSR count). The zero-order chi connectivity index (χ0) is 10.7. The lowest BCUT2D eigenvalue weighted by molar-refractivity contribution is -0.118. The summed E-state index contributed by atoms with van der Waals surface area (Å²) in [5.41, 5.74) is 1.19. The highest BCUT2D eigenvalue weighted by Crippen LogP contribution is 2.39. The number of benzene rings is 1. The van der Waals surface area contributed by atoms with Crippen molar-refractivity contribution in [1.82, 2.24) is 0 Å². The highest BCUT2D eigenvalue weighted by atomic mass is 16.5. The average Bonchev–Trinajstić information content (AvgIpc) is 2.99. The van der Waals surface area contributed by atoms with E-state index in [1.54, 1.807) is 6.92 Å². The predicted molar refractivity (Wildman–Crippen MR) is 58.4 cm³/mol.